The fourth-order valence-electron chi connectivity index (χ4n) is 1.72. The molecule has 0 amide bonds. The van der Waals surface area contributed by atoms with Crippen molar-refractivity contribution >= 4 is 11.6 Å². The molecule has 2 rings (SSSR count). The van der Waals surface area contributed by atoms with Gasteiger partial charge in [0.25, 0.3) is 0 Å². The fourth-order valence-corrected chi connectivity index (χ4v) is 1.88. The fraction of sp³-hybridized carbons (Fsp3) is 0.385. The second-order valence-corrected chi connectivity index (χ2v) is 4.69. The van der Waals surface area contributed by atoms with E-state index in [-0.39, 0.29) is 0 Å². The van der Waals surface area contributed by atoms with Gasteiger partial charge in [0.2, 0.25) is 0 Å². The second kappa shape index (κ2) is 6.65. The number of aryl methyl sites for hydroxylation is 1. The maximum atomic E-state index is 6.00. The van der Waals surface area contributed by atoms with Gasteiger partial charge in [-0.3, -0.25) is 0 Å². The van der Waals surface area contributed by atoms with Crippen molar-refractivity contribution in [2.75, 3.05) is 20.3 Å². The van der Waals surface area contributed by atoms with Crippen LogP contribution in [-0.4, -0.2) is 35.3 Å². The van der Waals surface area contributed by atoms with Crippen molar-refractivity contribution in [1.29, 1.82) is 0 Å². The van der Waals surface area contributed by atoms with Gasteiger partial charge in [-0.25, -0.2) is 4.68 Å². The molecule has 0 spiro atoms. The molecule has 6 heteroatoms. The minimum absolute atomic E-state index is 0.670. The van der Waals surface area contributed by atoms with E-state index < -0.39 is 0 Å². The van der Waals surface area contributed by atoms with Crippen molar-refractivity contribution in [2.24, 2.45) is 0 Å². The van der Waals surface area contributed by atoms with Gasteiger partial charge >= 0.3 is 0 Å². The van der Waals surface area contributed by atoms with Gasteiger partial charge in [-0.05, 0) is 24.6 Å². The molecular weight excluding hydrogens is 264 g/mol. The van der Waals surface area contributed by atoms with E-state index in [9.17, 15) is 0 Å². The van der Waals surface area contributed by atoms with Crippen molar-refractivity contribution in [3.8, 4) is 5.69 Å². The van der Waals surface area contributed by atoms with Crippen LogP contribution in [0.25, 0.3) is 5.69 Å². The van der Waals surface area contributed by atoms with Gasteiger partial charge in [0, 0.05) is 25.2 Å². The summed E-state index contributed by atoms with van der Waals surface area (Å²) in [5.74, 6) is 0. The van der Waals surface area contributed by atoms with Gasteiger partial charge in [0.15, 0.2) is 0 Å². The average molecular weight is 281 g/mol. The van der Waals surface area contributed by atoms with E-state index in [2.05, 4.69) is 15.6 Å². The Balaban J connectivity index is 2.06. The van der Waals surface area contributed by atoms with E-state index in [1.54, 1.807) is 11.8 Å². The minimum atomic E-state index is 0.670. The van der Waals surface area contributed by atoms with E-state index >= 15 is 0 Å². The molecule has 102 valence electrons. The first kappa shape index (κ1) is 14.0. The molecule has 0 saturated heterocycles. The Kier molecular flexibility index (Phi) is 4.90. The van der Waals surface area contributed by atoms with Gasteiger partial charge in [0.1, 0.15) is 0 Å². The third-order valence-electron chi connectivity index (χ3n) is 2.75. The molecule has 2 aromatic rings. The van der Waals surface area contributed by atoms with Crippen LogP contribution in [0.5, 0.6) is 0 Å². The Morgan fingerprint density at radius 2 is 2.26 bits per heavy atom. The van der Waals surface area contributed by atoms with E-state index in [0.717, 1.165) is 23.5 Å². The lowest BCUT2D eigenvalue weighted by molar-refractivity contribution is 0.199. The molecule has 5 nitrogen and oxygen atoms in total. The lowest BCUT2D eigenvalue weighted by atomic mass is 10.2. The topological polar surface area (TPSA) is 52.0 Å². The molecule has 0 atom stereocenters. The Morgan fingerprint density at radius 3 is 3.05 bits per heavy atom. The summed E-state index contributed by atoms with van der Waals surface area (Å²) in [4.78, 5) is 0. The molecule has 0 aliphatic carbocycles. The van der Waals surface area contributed by atoms with Crippen molar-refractivity contribution in [2.45, 2.75) is 13.5 Å². The molecule has 1 aromatic carbocycles. The number of benzene rings is 1. The molecule has 0 bridgehead atoms. The number of halogens is 1. The lowest BCUT2D eigenvalue weighted by Crippen LogP contribution is -2.18. The SMILES string of the molecule is COCCNCc1cn(-c2cc(Cl)ccc2C)nn1. The van der Waals surface area contributed by atoms with Gasteiger partial charge in [-0.2, -0.15) is 0 Å². The maximum Gasteiger partial charge on any atom is 0.0969 e. The molecule has 1 aromatic heterocycles. The number of ether oxygens (including phenoxy) is 1. The van der Waals surface area contributed by atoms with Crippen LogP contribution in [-0.2, 0) is 11.3 Å². The van der Waals surface area contributed by atoms with Crippen LogP contribution in [0.3, 0.4) is 0 Å². The van der Waals surface area contributed by atoms with E-state index in [0.29, 0.717) is 18.2 Å². The zero-order chi connectivity index (χ0) is 13.7. The quantitative estimate of drug-likeness (QED) is 0.822. The van der Waals surface area contributed by atoms with Gasteiger partial charge in [-0.1, -0.05) is 22.9 Å². The first-order valence-corrected chi connectivity index (χ1v) is 6.46. The first-order valence-electron chi connectivity index (χ1n) is 6.08. The minimum Gasteiger partial charge on any atom is -0.383 e. The molecular formula is C13H17ClN4O. The van der Waals surface area contributed by atoms with Crippen molar-refractivity contribution < 1.29 is 4.74 Å². The second-order valence-electron chi connectivity index (χ2n) is 4.25. The number of hydrogen-bond donors (Lipinski definition) is 1. The molecule has 0 fully saturated rings. The molecule has 0 aliphatic heterocycles. The van der Waals surface area contributed by atoms with Gasteiger partial charge in [0.05, 0.1) is 24.2 Å². The summed E-state index contributed by atoms with van der Waals surface area (Å²) in [5.41, 5.74) is 2.94. The summed E-state index contributed by atoms with van der Waals surface area (Å²) < 4.78 is 6.71. The normalized spacial score (nSPS) is 10.9. The summed E-state index contributed by atoms with van der Waals surface area (Å²) in [7, 11) is 1.68. The van der Waals surface area contributed by atoms with Crippen LogP contribution in [0.2, 0.25) is 5.02 Å². The molecule has 0 unspecified atom stereocenters. The third kappa shape index (κ3) is 3.76. The van der Waals surface area contributed by atoms with Crippen LogP contribution in [0.1, 0.15) is 11.3 Å². The number of nitrogens with one attached hydrogen (secondary N) is 1. The van der Waals surface area contributed by atoms with Gasteiger partial charge in [-0.15, -0.1) is 5.10 Å². The van der Waals surface area contributed by atoms with E-state index in [1.165, 1.54) is 0 Å². The Hall–Kier alpha value is -1.43. The van der Waals surface area contributed by atoms with Crippen LogP contribution in [0.15, 0.2) is 24.4 Å². The zero-order valence-corrected chi connectivity index (χ0v) is 11.8. The third-order valence-corrected chi connectivity index (χ3v) is 2.98. The molecule has 0 radical (unpaired) electrons. The van der Waals surface area contributed by atoms with Crippen molar-refractivity contribution in [3.63, 3.8) is 0 Å². The smallest absolute Gasteiger partial charge is 0.0969 e. The zero-order valence-electron chi connectivity index (χ0n) is 11.1. The highest BCUT2D eigenvalue weighted by molar-refractivity contribution is 6.30. The largest absolute Gasteiger partial charge is 0.383 e. The number of hydrogen-bond acceptors (Lipinski definition) is 4. The first-order chi connectivity index (χ1) is 9.20. The molecule has 19 heavy (non-hydrogen) atoms. The highest BCUT2D eigenvalue weighted by Crippen LogP contribution is 2.18. The number of nitrogens with zero attached hydrogens (tertiary/aromatic N) is 3. The van der Waals surface area contributed by atoms with Gasteiger partial charge < -0.3 is 10.1 Å². The summed E-state index contributed by atoms with van der Waals surface area (Å²) in [5, 5.41) is 12.2. The molecule has 1 N–H and O–H groups in total. The highest BCUT2D eigenvalue weighted by atomic mass is 35.5. The van der Waals surface area contributed by atoms with Crippen molar-refractivity contribution in [3.05, 3.63) is 40.7 Å². The van der Waals surface area contributed by atoms with Crippen LogP contribution < -0.4 is 5.32 Å². The number of methoxy groups -OCH3 is 1. The summed E-state index contributed by atoms with van der Waals surface area (Å²) in [6.07, 6.45) is 1.90. The number of aromatic nitrogens is 3. The Morgan fingerprint density at radius 1 is 1.42 bits per heavy atom. The average Bonchev–Trinajstić information content (AvgIpc) is 2.86. The molecule has 1 heterocycles. The predicted molar refractivity (Wildman–Crippen MR) is 74.7 cm³/mol. The highest BCUT2D eigenvalue weighted by Gasteiger charge is 2.06. The van der Waals surface area contributed by atoms with Crippen LogP contribution in [0, 0.1) is 6.92 Å². The number of rotatable bonds is 6. The predicted octanol–water partition coefficient (Wildman–Crippen LogP) is 1.97. The van der Waals surface area contributed by atoms with Crippen LogP contribution >= 0.6 is 11.6 Å². The van der Waals surface area contributed by atoms with Crippen LogP contribution in [0.4, 0.5) is 0 Å². The molecule has 0 aliphatic rings. The Labute approximate surface area is 117 Å². The summed E-state index contributed by atoms with van der Waals surface area (Å²) in [6.45, 7) is 4.16. The summed E-state index contributed by atoms with van der Waals surface area (Å²) in [6, 6.07) is 5.72. The lowest BCUT2D eigenvalue weighted by Gasteiger charge is -2.04. The maximum absolute atomic E-state index is 6.00. The standard InChI is InChI=1S/C13H17ClN4O/c1-10-3-4-11(14)7-13(10)18-9-12(16-17-18)8-15-5-6-19-2/h3-4,7,9,15H,5-6,8H2,1-2H3. The Bertz CT molecular complexity index is 541. The summed E-state index contributed by atoms with van der Waals surface area (Å²) >= 11 is 6.00. The van der Waals surface area contributed by atoms with E-state index in [1.807, 2.05) is 31.3 Å². The molecule has 0 saturated carbocycles. The monoisotopic (exact) mass is 280 g/mol. The van der Waals surface area contributed by atoms with E-state index in [4.69, 9.17) is 16.3 Å². The van der Waals surface area contributed by atoms with Crippen molar-refractivity contribution in [1.82, 2.24) is 20.3 Å².